The summed E-state index contributed by atoms with van der Waals surface area (Å²) in [6.45, 7) is 1.17. The van der Waals surface area contributed by atoms with Gasteiger partial charge in [-0.15, -0.1) is 0 Å². The van der Waals surface area contributed by atoms with Crippen LogP contribution in [0.15, 0.2) is 41.1 Å². The molecule has 7 heteroatoms. The van der Waals surface area contributed by atoms with Gasteiger partial charge < -0.3 is 15.4 Å². The lowest BCUT2D eigenvalue weighted by Crippen LogP contribution is -2.15. The minimum Gasteiger partial charge on any atom is -0.383 e. The standard InChI is InChI=1S/C14H15BrN4O2/c1-21-7-6-16-13-8-12(17-9-18-13)14(20)19-11-4-2-10(15)3-5-11/h2-5,8-9H,6-7H2,1H3,(H,19,20)(H,16,17,18). The topological polar surface area (TPSA) is 76.1 Å². The maximum atomic E-state index is 12.1. The summed E-state index contributed by atoms with van der Waals surface area (Å²) in [5.74, 6) is 0.303. The van der Waals surface area contributed by atoms with Gasteiger partial charge in [-0.25, -0.2) is 9.97 Å². The second kappa shape index (κ2) is 7.70. The fourth-order valence-corrected chi connectivity index (χ4v) is 1.85. The van der Waals surface area contributed by atoms with Crippen molar-refractivity contribution in [2.75, 3.05) is 30.9 Å². The summed E-state index contributed by atoms with van der Waals surface area (Å²) < 4.78 is 5.89. The van der Waals surface area contributed by atoms with Gasteiger partial charge in [-0.1, -0.05) is 15.9 Å². The minimum atomic E-state index is -0.283. The van der Waals surface area contributed by atoms with E-state index in [4.69, 9.17) is 4.74 Å². The van der Waals surface area contributed by atoms with E-state index in [1.54, 1.807) is 25.3 Å². The molecule has 110 valence electrons. The molecule has 0 aliphatic carbocycles. The quantitative estimate of drug-likeness (QED) is 0.783. The Morgan fingerprint density at radius 3 is 2.76 bits per heavy atom. The van der Waals surface area contributed by atoms with Crippen LogP contribution in [0.5, 0.6) is 0 Å². The Hall–Kier alpha value is -1.99. The molecule has 21 heavy (non-hydrogen) atoms. The van der Waals surface area contributed by atoms with E-state index >= 15 is 0 Å². The number of nitrogens with zero attached hydrogens (tertiary/aromatic N) is 2. The third-order valence-electron chi connectivity index (χ3n) is 2.61. The van der Waals surface area contributed by atoms with Crippen LogP contribution in [-0.4, -0.2) is 36.1 Å². The highest BCUT2D eigenvalue weighted by molar-refractivity contribution is 9.10. The zero-order valence-electron chi connectivity index (χ0n) is 11.5. The lowest BCUT2D eigenvalue weighted by Gasteiger charge is -2.07. The molecule has 2 aromatic rings. The molecule has 1 amide bonds. The SMILES string of the molecule is COCCNc1cc(C(=O)Nc2ccc(Br)cc2)ncn1. The number of carbonyl (C=O) groups excluding carboxylic acids is 1. The first-order valence-electron chi connectivity index (χ1n) is 6.31. The van der Waals surface area contributed by atoms with Crippen molar-refractivity contribution in [3.8, 4) is 0 Å². The second-order valence-electron chi connectivity index (χ2n) is 4.17. The molecule has 0 saturated carbocycles. The van der Waals surface area contributed by atoms with E-state index < -0.39 is 0 Å². The van der Waals surface area contributed by atoms with E-state index in [9.17, 15) is 4.79 Å². The Morgan fingerprint density at radius 1 is 1.29 bits per heavy atom. The number of benzene rings is 1. The number of amides is 1. The van der Waals surface area contributed by atoms with Gasteiger partial charge in [0.1, 0.15) is 17.8 Å². The number of methoxy groups -OCH3 is 1. The number of aromatic nitrogens is 2. The Morgan fingerprint density at radius 2 is 2.05 bits per heavy atom. The summed E-state index contributed by atoms with van der Waals surface area (Å²) in [4.78, 5) is 20.1. The fraction of sp³-hybridized carbons (Fsp3) is 0.214. The number of carbonyl (C=O) groups is 1. The number of rotatable bonds is 6. The average Bonchev–Trinajstić information content (AvgIpc) is 2.50. The number of halogens is 1. The Kier molecular flexibility index (Phi) is 5.65. The second-order valence-corrected chi connectivity index (χ2v) is 5.08. The molecule has 0 unspecified atom stereocenters. The molecule has 0 bridgehead atoms. The number of anilines is 2. The number of nitrogens with one attached hydrogen (secondary N) is 2. The van der Waals surface area contributed by atoms with Crippen molar-refractivity contribution in [1.82, 2.24) is 9.97 Å². The van der Waals surface area contributed by atoms with Crippen molar-refractivity contribution in [1.29, 1.82) is 0 Å². The number of hydrogen-bond acceptors (Lipinski definition) is 5. The van der Waals surface area contributed by atoms with Gasteiger partial charge in [0, 0.05) is 29.9 Å². The molecule has 1 aromatic heterocycles. The average molecular weight is 351 g/mol. The molecular weight excluding hydrogens is 336 g/mol. The van der Waals surface area contributed by atoms with Crippen LogP contribution < -0.4 is 10.6 Å². The van der Waals surface area contributed by atoms with Crippen molar-refractivity contribution in [2.24, 2.45) is 0 Å². The van der Waals surface area contributed by atoms with Crippen LogP contribution in [0.3, 0.4) is 0 Å². The molecule has 0 radical (unpaired) electrons. The molecule has 1 heterocycles. The van der Waals surface area contributed by atoms with E-state index in [1.165, 1.54) is 6.33 Å². The fourth-order valence-electron chi connectivity index (χ4n) is 1.59. The molecule has 0 atom stereocenters. The summed E-state index contributed by atoms with van der Waals surface area (Å²) in [6, 6.07) is 8.92. The van der Waals surface area contributed by atoms with E-state index in [0.29, 0.717) is 30.4 Å². The molecule has 2 rings (SSSR count). The third-order valence-corrected chi connectivity index (χ3v) is 3.14. The summed E-state index contributed by atoms with van der Waals surface area (Å²) in [6.07, 6.45) is 1.35. The van der Waals surface area contributed by atoms with Crippen molar-refractivity contribution in [3.05, 3.63) is 46.8 Å². The summed E-state index contributed by atoms with van der Waals surface area (Å²) in [5.41, 5.74) is 1.00. The highest BCUT2D eigenvalue weighted by atomic mass is 79.9. The molecule has 0 aliphatic heterocycles. The predicted molar refractivity (Wildman–Crippen MR) is 84.5 cm³/mol. The first-order chi connectivity index (χ1) is 10.2. The van der Waals surface area contributed by atoms with Gasteiger partial charge in [-0.05, 0) is 24.3 Å². The summed E-state index contributed by atoms with van der Waals surface area (Å²) in [7, 11) is 1.62. The van der Waals surface area contributed by atoms with Gasteiger partial charge in [-0.2, -0.15) is 0 Å². The van der Waals surface area contributed by atoms with Crippen LogP contribution in [0.4, 0.5) is 11.5 Å². The monoisotopic (exact) mass is 350 g/mol. The van der Waals surface area contributed by atoms with Crippen LogP contribution in [0.1, 0.15) is 10.5 Å². The maximum absolute atomic E-state index is 12.1. The van der Waals surface area contributed by atoms with Crippen molar-refractivity contribution < 1.29 is 9.53 Å². The molecule has 6 nitrogen and oxygen atoms in total. The minimum absolute atomic E-state index is 0.283. The lowest BCUT2D eigenvalue weighted by atomic mass is 10.3. The molecule has 1 aromatic carbocycles. The first kappa shape index (κ1) is 15.4. The normalized spacial score (nSPS) is 10.2. The van der Waals surface area contributed by atoms with Gasteiger partial charge in [0.15, 0.2) is 0 Å². The van der Waals surface area contributed by atoms with Crippen LogP contribution in [0, 0.1) is 0 Å². The lowest BCUT2D eigenvalue weighted by molar-refractivity contribution is 0.102. The first-order valence-corrected chi connectivity index (χ1v) is 7.10. The third kappa shape index (κ3) is 4.80. The summed E-state index contributed by atoms with van der Waals surface area (Å²) >= 11 is 3.34. The van der Waals surface area contributed by atoms with Crippen molar-refractivity contribution in [3.63, 3.8) is 0 Å². The van der Waals surface area contributed by atoms with Gasteiger partial charge in [0.2, 0.25) is 0 Å². The smallest absolute Gasteiger partial charge is 0.274 e. The number of ether oxygens (including phenoxy) is 1. The molecule has 0 saturated heterocycles. The van der Waals surface area contributed by atoms with Crippen molar-refractivity contribution >= 4 is 33.3 Å². The van der Waals surface area contributed by atoms with Gasteiger partial charge in [-0.3, -0.25) is 4.79 Å². The van der Waals surface area contributed by atoms with Crippen LogP contribution in [-0.2, 0) is 4.74 Å². The zero-order chi connectivity index (χ0) is 15.1. The van der Waals surface area contributed by atoms with Gasteiger partial charge in [0.05, 0.1) is 6.61 Å². The van der Waals surface area contributed by atoms with Crippen molar-refractivity contribution in [2.45, 2.75) is 0 Å². The predicted octanol–water partition coefficient (Wildman–Crippen LogP) is 2.55. The van der Waals surface area contributed by atoms with Crippen LogP contribution in [0.2, 0.25) is 0 Å². The Bertz CT molecular complexity index is 604. The molecule has 2 N–H and O–H groups in total. The Labute approximate surface area is 131 Å². The molecular formula is C14H15BrN4O2. The Balaban J connectivity index is 2.01. The van der Waals surface area contributed by atoms with Crippen LogP contribution >= 0.6 is 15.9 Å². The van der Waals surface area contributed by atoms with Crippen LogP contribution in [0.25, 0.3) is 0 Å². The maximum Gasteiger partial charge on any atom is 0.274 e. The molecule has 0 fully saturated rings. The van der Waals surface area contributed by atoms with E-state index in [-0.39, 0.29) is 5.91 Å². The van der Waals surface area contributed by atoms with E-state index in [0.717, 1.165) is 4.47 Å². The largest absolute Gasteiger partial charge is 0.383 e. The molecule has 0 aliphatic rings. The van der Waals surface area contributed by atoms with Gasteiger partial charge >= 0.3 is 0 Å². The summed E-state index contributed by atoms with van der Waals surface area (Å²) in [5, 5.41) is 5.83. The zero-order valence-corrected chi connectivity index (χ0v) is 13.1. The van der Waals surface area contributed by atoms with E-state index in [1.807, 2.05) is 12.1 Å². The molecule has 0 spiro atoms. The highest BCUT2D eigenvalue weighted by Crippen LogP contribution is 2.15. The van der Waals surface area contributed by atoms with Gasteiger partial charge in [0.25, 0.3) is 5.91 Å². The number of hydrogen-bond donors (Lipinski definition) is 2. The highest BCUT2D eigenvalue weighted by Gasteiger charge is 2.09. The van der Waals surface area contributed by atoms with E-state index in [2.05, 4.69) is 36.5 Å².